The van der Waals surface area contributed by atoms with Crippen LogP contribution < -0.4 is 15.8 Å². The first-order valence-corrected chi connectivity index (χ1v) is 8.04. The van der Waals surface area contributed by atoms with Gasteiger partial charge in [-0.3, -0.25) is 4.79 Å². The number of hydrogen-bond donors (Lipinski definition) is 2. The molecule has 0 aromatic heterocycles. The topological polar surface area (TPSA) is 64.3 Å². The second-order valence-corrected chi connectivity index (χ2v) is 5.52. The molecule has 0 saturated carbocycles. The number of anilines is 2. The molecule has 0 atom stereocenters. The molecule has 0 saturated heterocycles. The molecule has 2 aromatic carbocycles. The lowest BCUT2D eigenvalue weighted by atomic mass is 10.1. The molecule has 2 rings (SSSR count). The first-order chi connectivity index (χ1) is 11.2. The average Bonchev–Trinajstić information content (AvgIpc) is 2.54. The van der Waals surface area contributed by atoms with Crippen LogP contribution in [-0.2, 0) is 11.2 Å². The van der Waals surface area contributed by atoms with E-state index in [4.69, 9.17) is 10.5 Å². The molecule has 3 N–H and O–H groups in total. The Hall–Kier alpha value is -2.49. The molecular formula is C19H24N2O2. The van der Waals surface area contributed by atoms with Gasteiger partial charge in [-0.25, -0.2) is 0 Å². The molecule has 1 amide bonds. The Kier molecular flexibility index (Phi) is 6.48. The van der Waals surface area contributed by atoms with Crippen LogP contribution in [-0.4, -0.2) is 12.5 Å². The van der Waals surface area contributed by atoms with Crippen molar-refractivity contribution in [2.24, 2.45) is 0 Å². The lowest BCUT2D eigenvalue weighted by molar-refractivity contribution is -0.116. The quantitative estimate of drug-likeness (QED) is 0.571. The number of carbonyl (C=O) groups excluding carboxylic acids is 1. The fourth-order valence-corrected chi connectivity index (χ4v) is 2.23. The number of aryl methyl sites for hydroxylation is 1. The molecule has 122 valence electrons. The van der Waals surface area contributed by atoms with Crippen molar-refractivity contribution in [1.29, 1.82) is 0 Å². The van der Waals surface area contributed by atoms with Crippen molar-refractivity contribution < 1.29 is 9.53 Å². The molecule has 4 heteroatoms. The number of carbonyl (C=O) groups is 1. The number of nitrogens with two attached hydrogens (primary N) is 1. The fraction of sp³-hybridized carbons (Fsp3) is 0.316. The summed E-state index contributed by atoms with van der Waals surface area (Å²) < 4.78 is 5.65. The normalized spacial score (nSPS) is 10.3. The van der Waals surface area contributed by atoms with Crippen molar-refractivity contribution >= 4 is 17.3 Å². The van der Waals surface area contributed by atoms with E-state index in [1.807, 2.05) is 48.5 Å². The minimum Gasteiger partial charge on any atom is -0.494 e. The van der Waals surface area contributed by atoms with Crippen molar-refractivity contribution in [1.82, 2.24) is 0 Å². The molecule has 0 spiro atoms. The van der Waals surface area contributed by atoms with Gasteiger partial charge < -0.3 is 15.8 Å². The van der Waals surface area contributed by atoms with E-state index in [0.717, 1.165) is 35.5 Å². The van der Waals surface area contributed by atoms with E-state index in [1.54, 1.807) is 0 Å². The van der Waals surface area contributed by atoms with Crippen LogP contribution in [0, 0.1) is 0 Å². The predicted octanol–water partition coefficient (Wildman–Crippen LogP) is 4.02. The maximum atomic E-state index is 12.1. The first kappa shape index (κ1) is 16.9. The number of hydrogen-bond acceptors (Lipinski definition) is 3. The van der Waals surface area contributed by atoms with Crippen LogP contribution in [0.3, 0.4) is 0 Å². The van der Waals surface area contributed by atoms with Crippen molar-refractivity contribution in [2.45, 2.75) is 32.6 Å². The summed E-state index contributed by atoms with van der Waals surface area (Å²) in [6.45, 7) is 2.82. The van der Waals surface area contributed by atoms with Crippen LogP contribution >= 0.6 is 0 Å². The molecule has 4 nitrogen and oxygen atoms in total. The Morgan fingerprint density at radius 2 is 2.00 bits per heavy atom. The van der Waals surface area contributed by atoms with Crippen LogP contribution in [0.4, 0.5) is 11.4 Å². The minimum atomic E-state index is -0.0156. The standard InChI is InChI=1S/C19H24N2O2/c1-2-3-12-23-18-9-5-8-17(14-18)21-19(22)11-10-15-6-4-7-16(20)13-15/h4-9,13-14H,2-3,10-12,20H2,1H3,(H,21,22). The lowest BCUT2D eigenvalue weighted by Gasteiger charge is -2.09. The monoisotopic (exact) mass is 312 g/mol. The molecule has 0 aliphatic heterocycles. The summed E-state index contributed by atoms with van der Waals surface area (Å²) >= 11 is 0. The van der Waals surface area contributed by atoms with Crippen LogP contribution in [0.2, 0.25) is 0 Å². The Labute approximate surface area is 137 Å². The summed E-state index contributed by atoms with van der Waals surface area (Å²) in [6, 6.07) is 15.1. The van der Waals surface area contributed by atoms with Crippen LogP contribution in [0.25, 0.3) is 0 Å². The van der Waals surface area contributed by atoms with Gasteiger partial charge in [0.1, 0.15) is 5.75 Å². The van der Waals surface area contributed by atoms with E-state index < -0.39 is 0 Å². The molecule has 0 heterocycles. The van der Waals surface area contributed by atoms with Gasteiger partial charge in [-0.05, 0) is 42.7 Å². The second kappa shape index (κ2) is 8.83. The molecule has 0 unspecified atom stereocenters. The molecule has 0 bridgehead atoms. The number of benzene rings is 2. The average molecular weight is 312 g/mol. The Morgan fingerprint density at radius 3 is 2.78 bits per heavy atom. The first-order valence-electron chi connectivity index (χ1n) is 8.04. The highest BCUT2D eigenvalue weighted by Crippen LogP contribution is 2.18. The summed E-state index contributed by atoms with van der Waals surface area (Å²) in [5, 5.41) is 2.91. The number of unbranched alkanes of at least 4 members (excludes halogenated alkanes) is 1. The second-order valence-electron chi connectivity index (χ2n) is 5.52. The summed E-state index contributed by atoms with van der Waals surface area (Å²) in [5.74, 6) is 0.769. The number of nitrogen functional groups attached to an aromatic ring is 1. The molecule has 23 heavy (non-hydrogen) atoms. The largest absolute Gasteiger partial charge is 0.494 e. The van der Waals surface area contributed by atoms with Gasteiger partial charge >= 0.3 is 0 Å². The summed E-state index contributed by atoms with van der Waals surface area (Å²) in [4.78, 5) is 12.1. The van der Waals surface area contributed by atoms with Crippen molar-refractivity contribution in [2.75, 3.05) is 17.7 Å². The summed E-state index contributed by atoms with van der Waals surface area (Å²) in [5.41, 5.74) is 8.29. The van der Waals surface area contributed by atoms with E-state index >= 15 is 0 Å². The van der Waals surface area contributed by atoms with Gasteiger partial charge in [0.2, 0.25) is 5.91 Å². The van der Waals surface area contributed by atoms with Gasteiger partial charge in [0.15, 0.2) is 0 Å². The zero-order chi connectivity index (χ0) is 16.5. The van der Waals surface area contributed by atoms with E-state index in [1.165, 1.54) is 0 Å². The molecule has 0 aliphatic rings. The van der Waals surface area contributed by atoms with E-state index in [9.17, 15) is 4.79 Å². The summed E-state index contributed by atoms with van der Waals surface area (Å²) in [6.07, 6.45) is 3.21. The van der Waals surface area contributed by atoms with Gasteiger partial charge in [-0.2, -0.15) is 0 Å². The van der Waals surface area contributed by atoms with Crippen LogP contribution in [0.1, 0.15) is 31.7 Å². The van der Waals surface area contributed by atoms with E-state index in [2.05, 4.69) is 12.2 Å². The third-order valence-electron chi connectivity index (χ3n) is 3.48. The number of ether oxygens (including phenoxy) is 1. The SMILES string of the molecule is CCCCOc1cccc(NC(=O)CCc2cccc(N)c2)c1. The van der Waals surface area contributed by atoms with Crippen molar-refractivity contribution in [3.63, 3.8) is 0 Å². The highest BCUT2D eigenvalue weighted by molar-refractivity contribution is 5.91. The Bertz CT molecular complexity index is 641. The van der Waals surface area contributed by atoms with Gasteiger partial charge in [-0.15, -0.1) is 0 Å². The van der Waals surface area contributed by atoms with Crippen molar-refractivity contribution in [3.05, 3.63) is 54.1 Å². The molecule has 2 aromatic rings. The molecular weight excluding hydrogens is 288 g/mol. The third-order valence-corrected chi connectivity index (χ3v) is 3.48. The highest BCUT2D eigenvalue weighted by atomic mass is 16.5. The van der Waals surface area contributed by atoms with Gasteiger partial charge in [0, 0.05) is 23.9 Å². The van der Waals surface area contributed by atoms with Gasteiger partial charge in [-0.1, -0.05) is 31.5 Å². The number of nitrogens with one attached hydrogen (secondary N) is 1. The molecule has 0 fully saturated rings. The van der Waals surface area contributed by atoms with Crippen LogP contribution in [0.5, 0.6) is 5.75 Å². The maximum absolute atomic E-state index is 12.1. The Balaban J connectivity index is 1.83. The zero-order valence-corrected chi connectivity index (χ0v) is 13.5. The number of rotatable bonds is 8. The van der Waals surface area contributed by atoms with Crippen molar-refractivity contribution in [3.8, 4) is 5.75 Å². The smallest absolute Gasteiger partial charge is 0.224 e. The highest BCUT2D eigenvalue weighted by Gasteiger charge is 2.04. The molecule has 0 aliphatic carbocycles. The lowest BCUT2D eigenvalue weighted by Crippen LogP contribution is -2.12. The third kappa shape index (κ3) is 6.02. The fourth-order valence-electron chi connectivity index (χ4n) is 2.23. The summed E-state index contributed by atoms with van der Waals surface area (Å²) in [7, 11) is 0. The van der Waals surface area contributed by atoms with E-state index in [-0.39, 0.29) is 5.91 Å². The van der Waals surface area contributed by atoms with Gasteiger partial charge in [0.05, 0.1) is 6.61 Å². The predicted molar refractivity (Wildman–Crippen MR) is 94.7 cm³/mol. The maximum Gasteiger partial charge on any atom is 0.224 e. The molecule has 0 radical (unpaired) electrons. The van der Waals surface area contributed by atoms with E-state index in [0.29, 0.717) is 19.4 Å². The number of amides is 1. The zero-order valence-electron chi connectivity index (χ0n) is 13.5. The van der Waals surface area contributed by atoms with Gasteiger partial charge in [0.25, 0.3) is 0 Å². The Morgan fingerprint density at radius 1 is 1.17 bits per heavy atom. The minimum absolute atomic E-state index is 0.0156. The van der Waals surface area contributed by atoms with Crippen LogP contribution in [0.15, 0.2) is 48.5 Å².